The minimum atomic E-state index is -0.975. The number of rotatable bonds is 3. The zero-order chi connectivity index (χ0) is 16.8. The van der Waals surface area contributed by atoms with Crippen molar-refractivity contribution in [2.24, 2.45) is 0 Å². The van der Waals surface area contributed by atoms with Crippen molar-refractivity contribution in [3.8, 4) is 0 Å². The first-order valence-electron chi connectivity index (χ1n) is 7.73. The Morgan fingerprint density at radius 1 is 1.39 bits per heavy atom. The van der Waals surface area contributed by atoms with Gasteiger partial charge >= 0.3 is 5.97 Å². The van der Waals surface area contributed by atoms with Crippen molar-refractivity contribution in [2.45, 2.75) is 51.9 Å². The molecule has 2 aromatic rings. The Hall–Kier alpha value is -2.21. The number of esters is 1. The van der Waals surface area contributed by atoms with Gasteiger partial charge in [-0.05, 0) is 33.3 Å². The van der Waals surface area contributed by atoms with Crippen LogP contribution in [0.2, 0.25) is 0 Å². The van der Waals surface area contributed by atoms with Gasteiger partial charge in [0, 0.05) is 6.42 Å². The first-order chi connectivity index (χ1) is 10.8. The van der Waals surface area contributed by atoms with E-state index in [1.807, 2.05) is 31.2 Å². The summed E-state index contributed by atoms with van der Waals surface area (Å²) >= 11 is 0. The second kappa shape index (κ2) is 5.45. The molecule has 1 N–H and O–H groups in total. The van der Waals surface area contributed by atoms with E-state index in [-0.39, 0.29) is 5.97 Å². The van der Waals surface area contributed by atoms with Crippen LogP contribution >= 0.6 is 0 Å². The Labute approximate surface area is 135 Å². The maximum atomic E-state index is 12.6. The van der Waals surface area contributed by atoms with E-state index in [9.17, 15) is 9.90 Å². The van der Waals surface area contributed by atoms with E-state index in [0.29, 0.717) is 18.1 Å². The normalized spacial score (nSPS) is 24.9. The molecule has 0 fully saturated rings. The Morgan fingerprint density at radius 2 is 2.04 bits per heavy atom. The zero-order valence-electron chi connectivity index (χ0n) is 13.8. The summed E-state index contributed by atoms with van der Waals surface area (Å²) in [5.74, 6) is 0.538. The summed E-state index contributed by atoms with van der Waals surface area (Å²) in [6.45, 7) is 7.18. The fourth-order valence-electron chi connectivity index (χ4n) is 2.82. The number of carbonyl (C=O) groups excluding carboxylic acids is 1. The van der Waals surface area contributed by atoms with Gasteiger partial charge in [0.15, 0.2) is 23.3 Å². The Bertz CT molecular complexity index is 736. The fourth-order valence-corrected chi connectivity index (χ4v) is 2.82. The molecule has 0 radical (unpaired) electrons. The summed E-state index contributed by atoms with van der Waals surface area (Å²) in [6, 6.07) is 8.02. The van der Waals surface area contributed by atoms with Crippen molar-refractivity contribution in [1.82, 2.24) is 14.8 Å². The van der Waals surface area contributed by atoms with Crippen LogP contribution in [0.15, 0.2) is 24.3 Å². The van der Waals surface area contributed by atoms with Gasteiger partial charge in [-0.2, -0.15) is 5.10 Å². The van der Waals surface area contributed by atoms with Crippen molar-refractivity contribution in [2.75, 3.05) is 0 Å². The van der Waals surface area contributed by atoms with Crippen LogP contribution in [0.3, 0.4) is 0 Å². The lowest BCUT2D eigenvalue weighted by molar-refractivity contribution is -0.165. The average molecular weight is 315 g/mol. The third-order valence-electron chi connectivity index (χ3n) is 4.25. The van der Waals surface area contributed by atoms with Gasteiger partial charge in [-0.1, -0.05) is 29.8 Å². The molecule has 122 valence electrons. The van der Waals surface area contributed by atoms with Crippen LogP contribution in [-0.2, 0) is 21.5 Å². The third kappa shape index (κ3) is 2.63. The molecule has 2 heterocycles. The maximum Gasteiger partial charge on any atom is 0.334 e. The molecule has 1 aromatic heterocycles. The first kappa shape index (κ1) is 15.7. The molecule has 3 unspecified atom stereocenters. The SMILES string of the molecule is Cc1ccc(CC2(C)C(=O)OC(C)c3nc(C(C)O)nn32)cc1. The van der Waals surface area contributed by atoms with E-state index in [1.54, 1.807) is 25.5 Å². The second-order valence-corrected chi connectivity index (χ2v) is 6.40. The van der Waals surface area contributed by atoms with E-state index in [0.717, 1.165) is 11.1 Å². The van der Waals surface area contributed by atoms with Crippen molar-refractivity contribution >= 4 is 5.97 Å². The molecule has 6 nitrogen and oxygen atoms in total. The molecule has 0 spiro atoms. The summed E-state index contributed by atoms with van der Waals surface area (Å²) in [5.41, 5.74) is 1.21. The number of aryl methyl sites for hydroxylation is 1. The fraction of sp³-hybridized carbons (Fsp3) is 0.471. The molecular weight excluding hydrogens is 294 g/mol. The smallest absolute Gasteiger partial charge is 0.334 e. The molecule has 0 amide bonds. The van der Waals surface area contributed by atoms with Gasteiger partial charge in [0.1, 0.15) is 6.10 Å². The van der Waals surface area contributed by atoms with Crippen LogP contribution in [0.4, 0.5) is 0 Å². The molecule has 0 aliphatic carbocycles. The van der Waals surface area contributed by atoms with Gasteiger partial charge in [-0.3, -0.25) is 0 Å². The summed E-state index contributed by atoms with van der Waals surface area (Å²) in [7, 11) is 0. The molecular formula is C17H21N3O3. The quantitative estimate of drug-likeness (QED) is 0.879. The lowest BCUT2D eigenvalue weighted by Gasteiger charge is -2.35. The molecule has 6 heteroatoms. The summed E-state index contributed by atoms with van der Waals surface area (Å²) in [4.78, 5) is 16.9. The van der Waals surface area contributed by atoms with Crippen molar-refractivity contribution in [3.63, 3.8) is 0 Å². The van der Waals surface area contributed by atoms with Crippen LogP contribution in [-0.4, -0.2) is 25.8 Å². The number of hydrogen-bond donors (Lipinski definition) is 1. The highest BCUT2D eigenvalue weighted by molar-refractivity contribution is 5.80. The maximum absolute atomic E-state index is 12.6. The van der Waals surface area contributed by atoms with Crippen molar-refractivity contribution in [3.05, 3.63) is 47.0 Å². The standard InChI is InChI=1S/C17H21N3O3/c1-10-5-7-13(8-6-10)9-17(4)16(22)23-12(3)15-18-14(11(2)21)19-20(15)17/h5-8,11-12,21H,9H2,1-4H3. The number of carbonyl (C=O) groups is 1. The van der Waals surface area contributed by atoms with Crippen molar-refractivity contribution in [1.29, 1.82) is 0 Å². The summed E-state index contributed by atoms with van der Waals surface area (Å²) in [6.07, 6.45) is -0.818. The largest absolute Gasteiger partial charge is 0.453 e. The Kier molecular flexibility index (Phi) is 3.72. The molecule has 0 saturated heterocycles. The number of hydrogen-bond acceptors (Lipinski definition) is 5. The van der Waals surface area contributed by atoms with E-state index < -0.39 is 17.7 Å². The predicted octanol–water partition coefficient (Wildman–Crippen LogP) is 2.22. The van der Waals surface area contributed by atoms with Crippen LogP contribution in [0.1, 0.15) is 55.8 Å². The summed E-state index contributed by atoms with van der Waals surface area (Å²) < 4.78 is 7.09. The van der Waals surface area contributed by atoms with Crippen LogP contribution in [0.25, 0.3) is 0 Å². The topological polar surface area (TPSA) is 77.2 Å². The van der Waals surface area contributed by atoms with E-state index in [2.05, 4.69) is 10.1 Å². The first-order valence-corrected chi connectivity index (χ1v) is 7.73. The minimum absolute atomic E-state index is 0.306. The van der Waals surface area contributed by atoms with E-state index >= 15 is 0 Å². The number of nitrogens with zero attached hydrogens (tertiary/aromatic N) is 3. The van der Waals surface area contributed by atoms with Gasteiger partial charge in [0.2, 0.25) is 0 Å². The van der Waals surface area contributed by atoms with Gasteiger partial charge in [0.05, 0.1) is 0 Å². The molecule has 1 aromatic carbocycles. The highest BCUT2D eigenvalue weighted by Crippen LogP contribution is 2.34. The minimum Gasteiger partial charge on any atom is -0.453 e. The van der Waals surface area contributed by atoms with Gasteiger partial charge in [0.25, 0.3) is 0 Å². The van der Waals surface area contributed by atoms with E-state index in [1.165, 1.54) is 0 Å². The van der Waals surface area contributed by atoms with Crippen LogP contribution < -0.4 is 0 Å². The number of ether oxygens (including phenoxy) is 1. The zero-order valence-corrected chi connectivity index (χ0v) is 13.8. The Balaban J connectivity index is 2.05. The third-order valence-corrected chi connectivity index (χ3v) is 4.25. The second-order valence-electron chi connectivity index (χ2n) is 6.40. The number of cyclic esters (lactones) is 1. The lowest BCUT2D eigenvalue weighted by Crippen LogP contribution is -2.48. The molecule has 1 aliphatic heterocycles. The molecule has 0 saturated carbocycles. The highest BCUT2D eigenvalue weighted by atomic mass is 16.5. The monoisotopic (exact) mass is 315 g/mol. The molecule has 3 atom stereocenters. The Morgan fingerprint density at radius 3 is 2.65 bits per heavy atom. The summed E-state index contributed by atoms with van der Waals surface area (Å²) in [5, 5.41) is 14.1. The highest BCUT2D eigenvalue weighted by Gasteiger charge is 2.46. The van der Waals surface area contributed by atoms with Crippen LogP contribution in [0.5, 0.6) is 0 Å². The number of aliphatic hydroxyl groups excluding tert-OH is 1. The number of aliphatic hydroxyl groups is 1. The molecule has 0 bridgehead atoms. The molecule has 1 aliphatic rings. The van der Waals surface area contributed by atoms with Gasteiger partial charge in [-0.15, -0.1) is 0 Å². The molecule has 23 heavy (non-hydrogen) atoms. The van der Waals surface area contributed by atoms with Crippen molar-refractivity contribution < 1.29 is 14.6 Å². The number of aromatic nitrogens is 3. The van der Waals surface area contributed by atoms with Crippen LogP contribution in [0, 0.1) is 6.92 Å². The number of fused-ring (bicyclic) bond motifs is 1. The molecule has 3 rings (SSSR count). The average Bonchev–Trinajstić information content (AvgIpc) is 2.95. The predicted molar refractivity (Wildman–Crippen MR) is 83.7 cm³/mol. The van der Waals surface area contributed by atoms with Gasteiger partial charge in [-0.25, -0.2) is 14.5 Å². The van der Waals surface area contributed by atoms with Gasteiger partial charge < -0.3 is 9.84 Å². The lowest BCUT2D eigenvalue weighted by atomic mass is 9.91. The van der Waals surface area contributed by atoms with E-state index in [4.69, 9.17) is 4.74 Å². The number of benzene rings is 1.